The Morgan fingerprint density at radius 1 is 1.41 bits per heavy atom. The second kappa shape index (κ2) is 4.49. The number of methoxy groups -OCH3 is 1. The van der Waals surface area contributed by atoms with Gasteiger partial charge in [-0.05, 0) is 24.3 Å². The van der Waals surface area contributed by atoms with E-state index < -0.39 is 5.97 Å². The molecule has 0 saturated carbocycles. The van der Waals surface area contributed by atoms with Crippen molar-refractivity contribution in [3.05, 3.63) is 41.6 Å². The predicted octanol–water partition coefficient (Wildman–Crippen LogP) is 2.00. The Balaban J connectivity index is 2.31. The molecular formula is C12H8N2O3. The summed E-state index contributed by atoms with van der Waals surface area (Å²) in [6.45, 7) is 0. The third-order valence-corrected chi connectivity index (χ3v) is 2.20. The summed E-state index contributed by atoms with van der Waals surface area (Å²) < 4.78 is 9.53. The van der Waals surface area contributed by atoms with Crippen LogP contribution in [-0.2, 0) is 4.74 Å². The number of ether oxygens (including phenoxy) is 1. The van der Waals surface area contributed by atoms with Gasteiger partial charge in [0, 0.05) is 11.6 Å². The molecule has 0 unspecified atom stereocenters. The lowest BCUT2D eigenvalue weighted by molar-refractivity contribution is 0.0589. The topological polar surface area (TPSA) is 76.1 Å². The van der Waals surface area contributed by atoms with Gasteiger partial charge in [0.25, 0.3) is 0 Å². The van der Waals surface area contributed by atoms with Crippen LogP contribution in [-0.4, -0.2) is 18.2 Å². The molecule has 5 nitrogen and oxygen atoms in total. The average molecular weight is 228 g/mol. The fourth-order valence-corrected chi connectivity index (χ4v) is 1.32. The average Bonchev–Trinajstić information content (AvgIpc) is 2.87. The van der Waals surface area contributed by atoms with E-state index in [1.165, 1.54) is 13.2 Å². The highest BCUT2D eigenvalue weighted by atomic mass is 16.5. The Labute approximate surface area is 97.2 Å². The second-order valence-corrected chi connectivity index (χ2v) is 3.26. The van der Waals surface area contributed by atoms with Crippen molar-refractivity contribution in [2.24, 2.45) is 0 Å². The molecule has 5 heteroatoms. The highest BCUT2D eigenvalue weighted by Gasteiger charge is 2.13. The van der Waals surface area contributed by atoms with Gasteiger partial charge in [0.15, 0.2) is 11.5 Å². The zero-order valence-corrected chi connectivity index (χ0v) is 9.01. The van der Waals surface area contributed by atoms with Crippen LogP contribution in [0.2, 0.25) is 0 Å². The lowest BCUT2D eigenvalue weighted by atomic mass is 10.1. The third kappa shape index (κ3) is 2.16. The standard InChI is InChI=1S/C12H8N2O3/c1-16-12(15)10-6-11(17-14-10)9-4-2-8(7-13)3-5-9/h2-6H,1H3. The molecule has 0 radical (unpaired) electrons. The zero-order valence-electron chi connectivity index (χ0n) is 9.01. The molecule has 0 fully saturated rings. The molecule has 0 atom stereocenters. The molecule has 0 saturated heterocycles. The number of carbonyl (C=O) groups is 1. The highest BCUT2D eigenvalue weighted by molar-refractivity contribution is 5.88. The number of rotatable bonds is 2. The van der Waals surface area contributed by atoms with E-state index >= 15 is 0 Å². The largest absolute Gasteiger partial charge is 0.464 e. The van der Waals surface area contributed by atoms with Crippen molar-refractivity contribution < 1.29 is 14.1 Å². The van der Waals surface area contributed by atoms with Crippen molar-refractivity contribution in [3.8, 4) is 17.4 Å². The molecule has 1 heterocycles. The first kappa shape index (κ1) is 10.9. The summed E-state index contributed by atoms with van der Waals surface area (Å²) in [5.74, 6) is -0.0939. The van der Waals surface area contributed by atoms with Crippen LogP contribution in [0.4, 0.5) is 0 Å². The Morgan fingerprint density at radius 3 is 2.71 bits per heavy atom. The van der Waals surface area contributed by atoms with Crippen LogP contribution in [0.5, 0.6) is 0 Å². The molecular weight excluding hydrogens is 220 g/mol. The molecule has 0 spiro atoms. The van der Waals surface area contributed by atoms with E-state index in [0.717, 1.165) is 5.56 Å². The molecule has 0 aliphatic heterocycles. The second-order valence-electron chi connectivity index (χ2n) is 3.26. The van der Waals surface area contributed by atoms with Crippen LogP contribution < -0.4 is 0 Å². The first-order valence-corrected chi connectivity index (χ1v) is 4.80. The number of aromatic nitrogens is 1. The number of nitrogens with zero attached hydrogens (tertiary/aromatic N) is 2. The summed E-state index contributed by atoms with van der Waals surface area (Å²) in [5.41, 5.74) is 1.42. The Morgan fingerprint density at radius 2 is 2.12 bits per heavy atom. The number of hydrogen-bond acceptors (Lipinski definition) is 5. The minimum atomic E-state index is -0.548. The molecule has 2 rings (SSSR count). The number of nitriles is 1. The van der Waals surface area contributed by atoms with E-state index in [1.807, 2.05) is 6.07 Å². The van der Waals surface area contributed by atoms with E-state index in [2.05, 4.69) is 9.89 Å². The van der Waals surface area contributed by atoms with Gasteiger partial charge in [-0.25, -0.2) is 4.79 Å². The molecule has 84 valence electrons. The van der Waals surface area contributed by atoms with Crippen molar-refractivity contribution in [2.45, 2.75) is 0 Å². The van der Waals surface area contributed by atoms with Crippen molar-refractivity contribution in [1.82, 2.24) is 5.16 Å². The van der Waals surface area contributed by atoms with Gasteiger partial charge in [0.05, 0.1) is 18.7 Å². The summed E-state index contributed by atoms with van der Waals surface area (Å²) >= 11 is 0. The van der Waals surface area contributed by atoms with Crippen LogP contribution in [0.15, 0.2) is 34.9 Å². The summed E-state index contributed by atoms with van der Waals surface area (Å²) in [4.78, 5) is 11.2. The fourth-order valence-electron chi connectivity index (χ4n) is 1.32. The normalized spacial score (nSPS) is 9.65. The van der Waals surface area contributed by atoms with Gasteiger partial charge in [-0.1, -0.05) is 5.16 Å². The quantitative estimate of drug-likeness (QED) is 0.734. The summed E-state index contributed by atoms with van der Waals surface area (Å²) in [6, 6.07) is 10.3. The van der Waals surface area contributed by atoms with E-state index in [9.17, 15) is 4.79 Å². The van der Waals surface area contributed by atoms with Gasteiger partial charge in [-0.2, -0.15) is 5.26 Å². The minimum Gasteiger partial charge on any atom is -0.464 e. The van der Waals surface area contributed by atoms with Crippen LogP contribution in [0.1, 0.15) is 16.1 Å². The van der Waals surface area contributed by atoms with Crippen LogP contribution in [0.3, 0.4) is 0 Å². The molecule has 17 heavy (non-hydrogen) atoms. The monoisotopic (exact) mass is 228 g/mol. The van der Waals surface area contributed by atoms with Crippen molar-refractivity contribution >= 4 is 5.97 Å². The number of benzene rings is 1. The van der Waals surface area contributed by atoms with Crippen molar-refractivity contribution in [2.75, 3.05) is 7.11 Å². The maximum Gasteiger partial charge on any atom is 0.360 e. The number of hydrogen-bond donors (Lipinski definition) is 0. The van der Waals surface area contributed by atoms with E-state index in [-0.39, 0.29) is 5.69 Å². The SMILES string of the molecule is COC(=O)c1cc(-c2ccc(C#N)cc2)on1. The minimum absolute atomic E-state index is 0.117. The Hall–Kier alpha value is -2.61. The van der Waals surface area contributed by atoms with E-state index in [1.54, 1.807) is 24.3 Å². The van der Waals surface area contributed by atoms with E-state index in [0.29, 0.717) is 11.3 Å². The fraction of sp³-hybridized carbons (Fsp3) is 0.0833. The number of carbonyl (C=O) groups excluding carboxylic acids is 1. The van der Waals surface area contributed by atoms with Crippen LogP contribution in [0.25, 0.3) is 11.3 Å². The highest BCUT2D eigenvalue weighted by Crippen LogP contribution is 2.20. The molecule has 0 amide bonds. The first-order valence-electron chi connectivity index (χ1n) is 4.80. The van der Waals surface area contributed by atoms with Gasteiger partial charge in [0.2, 0.25) is 0 Å². The maximum atomic E-state index is 11.2. The molecule has 0 aliphatic carbocycles. The van der Waals surface area contributed by atoms with Gasteiger partial charge >= 0.3 is 5.97 Å². The number of esters is 1. The maximum absolute atomic E-state index is 11.2. The van der Waals surface area contributed by atoms with Gasteiger partial charge in [-0.3, -0.25) is 0 Å². The lowest BCUT2D eigenvalue weighted by Gasteiger charge is -1.94. The van der Waals surface area contributed by atoms with Gasteiger partial charge < -0.3 is 9.26 Å². The Kier molecular flexibility index (Phi) is 2.88. The van der Waals surface area contributed by atoms with E-state index in [4.69, 9.17) is 9.78 Å². The van der Waals surface area contributed by atoms with Crippen molar-refractivity contribution in [1.29, 1.82) is 5.26 Å². The zero-order chi connectivity index (χ0) is 12.3. The molecule has 2 aromatic rings. The molecule has 1 aromatic carbocycles. The predicted molar refractivity (Wildman–Crippen MR) is 58.0 cm³/mol. The van der Waals surface area contributed by atoms with Crippen molar-refractivity contribution in [3.63, 3.8) is 0 Å². The molecule has 0 aliphatic rings. The summed E-state index contributed by atoms with van der Waals surface area (Å²) in [7, 11) is 1.28. The smallest absolute Gasteiger partial charge is 0.360 e. The van der Waals surface area contributed by atoms with Gasteiger partial charge in [0.1, 0.15) is 0 Å². The first-order chi connectivity index (χ1) is 8.24. The molecule has 0 N–H and O–H groups in total. The summed E-state index contributed by atoms with van der Waals surface area (Å²) in [5, 5.41) is 12.3. The van der Waals surface area contributed by atoms with Crippen LogP contribution >= 0.6 is 0 Å². The molecule has 1 aromatic heterocycles. The van der Waals surface area contributed by atoms with Gasteiger partial charge in [-0.15, -0.1) is 0 Å². The lowest BCUT2D eigenvalue weighted by Crippen LogP contribution is -2.00. The third-order valence-electron chi connectivity index (χ3n) is 2.20. The Bertz CT molecular complexity index is 579. The molecule has 0 bridgehead atoms. The van der Waals surface area contributed by atoms with Crippen LogP contribution in [0, 0.1) is 11.3 Å². The summed E-state index contributed by atoms with van der Waals surface area (Å²) in [6.07, 6.45) is 0.